The molecule has 1 amide bonds. The Morgan fingerprint density at radius 2 is 1.96 bits per heavy atom. The number of rotatable bonds is 6. The molecular formula is C21H21N5O. The Labute approximate surface area is 157 Å². The van der Waals surface area contributed by atoms with Gasteiger partial charge >= 0.3 is 0 Å². The number of carbonyl (C=O) groups is 1. The molecule has 136 valence electrons. The van der Waals surface area contributed by atoms with E-state index in [4.69, 9.17) is 0 Å². The van der Waals surface area contributed by atoms with E-state index in [-0.39, 0.29) is 5.91 Å². The van der Waals surface area contributed by atoms with Gasteiger partial charge in [-0.3, -0.25) is 14.0 Å². The van der Waals surface area contributed by atoms with Crippen LogP contribution in [0.4, 0.5) is 0 Å². The van der Waals surface area contributed by atoms with Crippen LogP contribution in [0.15, 0.2) is 67.0 Å². The predicted molar refractivity (Wildman–Crippen MR) is 105 cm³/mol. The Morgan fingerprint density at radius 3 is 2.74 bits per heavy atom. The first-order valence-electron chi connectivity index (χ1n) is 9.02. The predicted octanol–water partition coefficient (Wildman–Crippen LogP) is 3.35. The maximum Gasteiger partial charge on any atom is 0.251 e. The number of aryl methyl sites for hydroxylation is 2. The van der Waals surface area contributed by atoms with Gasteiger partial charge in [-0.1, -0.05) is 18.2 Å². The van der Waals surface area contributed by atoms with Gasteiger partial charge in [-0.2, -0.15) is 5.10 Å². The van der Waals surface area contributed by atoms with Crippen molar-refractivity contribution in [3.63, 3.8) is 0 Å². The van der Waals surface area contributed by atoms with Crippen molar-refractivity contribution in [2.75, 3.05) is 6.54 Å². The Hall–Kier alpha value is -3.41. The number of hydrogen-bond donors (Lipinski definition) is 1. The first-order valence-corrected chi connectivity index (χ1v) is 9.02. The number of aromatic nitrogens is 4. The maximum atomic E-state index is 12.4. The fourth-order valence-electron chi connectivity index (χ4n) is 3.22. The molecule has 0 aliphatic carbocycles. The van der Waals surface area contributed by atoms with Gasteiger partial charge in [0.05, 0.1) is 11.0 Å². The minimum absolute atomic E-state index is 0.0794. The van der Waals surface area contributed by atoms with Gasteiger partial charge in [-0.25, -0.2) is 4.98 Å². The van der Waals surface area contributed by atoms with Crippen molar-refractivity contribution in [2.45, 2.75) is 19.9 Å². The lowest BCUT2D eigenvalue weighted by Gasteiger charge is -2.08. The molecule has 0 aliphatic heterocycles. The third-order valence-corrected chi connectivity index (χ3v) is 4.51. The third-order valence-electron chi connectivity index (χ3n) is 4.51. The maximum absolute atomic E-state index is 12.4. The average Bonchev–Trinajstić information content (AvgIpc) is 3.31. The van der Waals surface area contributed by atoms with Crippen LogP contribution in [0.5, 0.6) is 0 Å². The molecule has 0 bridgehead atoms. The molecule has 0 aliphatic rings. The lowest BCUT2D eigenvalue weighted by molar-refractivity contribution is 0.0952. The number of amides is 1. The summed E-state index contributed by atoms with van der Waals surface area (Å²) < 4.78 is 3.96. The quantitative estimate of drug-likeness (QED) is 0.537. The zero-order valence-corrected chi connectivity index (χ0v) is 15.2. The standard InChI is InChI=1S/C21H21N5O/c1-16-24-19-15-17(21(27)22-11-5-13-25-14-6-12-23-25)9-10-20(19)26(16)18-7-3-2-4-8-18/h2-4,6-10,12,14-15H,5,11,13H2,1H3,(H,22,27). The number of nitrogens with zero attached hydrogens (tertiary/aromatic N) is 4. The minimum atomic E-state index is -0.0794. The average molecular weight is 359 g/mol. The molecule has 4 aromatic rings. The summed E-state index contributed by atoms with van der Waals surface area (Å²) in [5.41, 5.74) is 3.50. The van der Waals surface area contributed by atoms with E-state index in [1.54, 1.807) is 6.20 Å². The van der Waals surface area contributed by atoms with Crippen molar-refractivity contribution in [1.29, 1.82) is 0 Å². The number of para-hydroxylation sites is 1. The Kier molecular flexibility index (Phi) is 4.70. The molecule has 0 radical (unpaired) electrons. The molecule has 1 N–H and O–H groups in total. The van der Waals surface area contributed by atoms with E-state index in [2.05, 4.69) is 20.0 Å². The molecule has 4 rings (SSSR count). The van der Waals surface area contributed by atoms with Gasteiger partial charge in [0.25, 0.3) is 5.91 Å². The summed E-state index contributed by atoms with van der Waals surface area (Å²) in [6.07, 6.45) is 4.50. The second kappa shape index (κ2) is 7.45. The second-order valence-electron chi connectivity index (χ2n) is 6.41. The zero-order valence-electron chi connectivity index (χ0n) is 15.2. The van der Waals surface area contributed by atoms with Gasteiger partial charge in [-0.15, -0.1) is 0 Å². The zero-order chi connectivity index (χ0) is 18.6. The molecule has 2 aromatic heterocycles. The highest BCUT2D eigenvalue weighted by Crippen LogP contribution is 2.22. The van der Waals surface area contributed by atoms with Gasteiger partial charge in [0.2, 0.25) is 0 Å². The van der Waals surface area contributed by atoms with Gasteiger partial charge in [0.1, 0.15) is 5.82 Å². The summed E-state index contributed by atoms with van der Waals surface area (Å²) in [5.74, 6) is 0.817. The van der Waals surface area contributed by atoms with E-state index in [0.29, 0.717) is 12.1 Å². The molecule has 2 heterocycles. The minimum Gasteiger partial charge on any atom is -0.352 e. The largest absolute Gasteiger partial charge is 0.352 e. The lowest BCUT2D eigenvalue weighted by Crippen LogP contribution is -2.25. The van der Waals surface area contributed by atoms with Crippen molar-refractivity contribution in [3.05, 3.63) is 78.4 Å². The summed E-state index contributed by atoms with van der Waals surface area (Å²) in [5, 5.41) is 7.12. The molecule has 0 unspecified atom stereocenters. The van der Waals surface area contributed by atoms with E-state index in [0.717, 1.165) is 35.5 Å². The second-order valence-corrected chi connectivity index (χ2v) is 6.41. The number of benzene rings is 2. The monoisotopic (exact) mass is 359 g/mol. The van der Waals surface area contributed by atoms with Crippen LogP contribution >= 0.6 is 0 Å². The Bertz CT molecular complexity index is 1050. The van der Waals surface area contributed by atoms with Crippen LogP contribution in [-0.4, -0.2) is 31.8 Å². The molecule has 0 saturated carbocycles. The van der Waals surface area contributed by atoms with Crippen molar-refractivity contribution in [2.24, 2.45) is 0 Å². The molecule has 27 heavy (non-hydrogen) atoms. The van der Waals surface area contributed by atoms with Crippen LogP contribution in [0.3, 0.4) is 0 Å². The number of fused-ring (bicyclic) bond motifs is 1. The highest BCUT2D eigenvalue weighted by Gasteiger charge is 2.12. The fraction of sp³-hybridized carbons (Fsp3) is 0.190. The van der Waals surface area contributed by atoms with Crippen molar-refractivity contribution >= 4 is 16.9 Å². The van der Waals surface area contributed by atoms with Crippen LogP contribution < -0.4 is 5.32 Å². The Balaban J connectivity index is 1.48. The molecule has 2 aromatic carbocycles. The first-order chi connectivity index (χ1) is 13.2. The SMILES string of the molecule is Cc1nc2cc(C(=O)NCCCn3cccn3)ccc2n1-c1ccccc1. The highest BCUT2D eigenvalue weighted by atomic mass is 16.1. The third kappa shape index (κ3) is 3.60. The fourth-order valence-corrected chi connectivity index (χ4v) is 3.22. The summed E-state index contributed by atoms with van der Waals surface area (Å²) >= 11 is 0. The van der Waals surface area contributed by atoms with Crippen LogP contribution in [0, 0.1) is 6.92 Å². The highest BCUT2D eigenvalue weighted by molar-refractivity contribution is 5.97. The van der Waals surface area contributed by atoms with E-state index in [1.807, 2.05) is 72.4 Å². The summed E-state index contributed by atoms with van der Waals surface area (Å²) in [6, 6.07) is 17.7. The van der Waals surface area contributed by atoms with Crippen LogP contribution in [0.25, 0.3) is 16.7 Å². The summed E-state index contributed by atoms with van der Waals surface area (Å²) in [4.78, 5) is 17.1. The smallest absolute Gasteiger partial charge is 0.251 e. The topological polar surface area (TPSA) is 64.7 Å². The number of hydrogen-bond acceptors (Lipinski definition) is 3. The van der Waals surface area contributed by atoms with Crippen molar-refractivity contribution in [3.8, 4) is 5.69 Å². The van der Waals surface area contributed by atoms with Crippen LogP contribution in [-0.2, 0) is 6.54 Å². The molecule has 6 nitrogen and oxygen atoms in total. The number of carbonyl (C=O) groups excluding carboxylic acids is 1. The van der Waals surface area contributed by atoms with E-state index in [9.17, 15) is 4.79 Å². The van der Waals surface area contributed by atoms with Gasteiger partial charge in [-0.05, 0) is 49.7 Å². The van der Waals surface area contributed by atoms with Crippen molar-refractivity contribution < 1.29 is 4.79 Å². The molecule has 0 saturated heterocycles. The number of imidazole rings is 1. The van der Waals surface area contributed by atoms with Crippen molar-refractivity contribution in [1.82, 2.24) is 24.6 Å². The first kappa shape index (κ1) is 17.0. The molecule has 6 heteroatoms. The van der Waals surface area contributed by atoms with Gasteiger partial charge in [0, 0.05) is 36.7 Å². The molecule has 0 spiro atoms. The molecular weight excluding hydrogens is 338 g/mol. The number of nitrogens with one attached hydrogen (secondary N) is 1. The summed E-state index contributed by atoms with van der Waals surface area (Å²) in [6.45, 7) is 3.36. The Morgan fingerprint density at radius 1 is 1.11 bits per heavy atom. The molecule has 0 fully saturated rings. The van der Waals surface area contributed by atoms with E-state index >= 15 is 0 Å². The lowest BCUT2D eigenvalue weighted by atomic mass is 10.2. The van der Waals surface area contributed by atoms with Gasteiger partial charge in [0.15, 0.2) is 0 Å². The van der Waals surface area contributed by atoms with Crippen LogP contribution in [0.1, 0.15) is 22.6 Å². The van der Waals surface area contributed by atoms with Gasteiger partial charge < -0.3 is 5.32 Å². The van der Waals surface area contributed by atoms with E-state index < -0.39 is 0 Å². The van der Waals surface area contributed by atoms with Crippen LogP contribution in [0.2, 0.25) is 0 Å². The normalized spacial score (nSPS) is 11.0. The summed E-state index contributed by atoms with van der Waals surface area (Å²) in [7, 11) is 0. The molecule has 0 atom stereocenters. The van der Waals surface area contributed by atoms with E-state index in [1.165, 1.54) is 0 Å².